The SMILES string of the molecule is CCCCNc1cc2c(c3ccccc13)C(=O)NC2=O. The summed E-state index contributed by atoms with van der Waals surface area (Å²) in [6.07, 6.45) is 2.17. The van der Waals surface area contributed by atoms with Crippen molar-refractivity contribution in [2.75, 3.05) is 11.9 Å². The number of unbranched alkanes of at least 4 members (excludes halogenated alkanes) is 1. The Morgan fingerprint density at radius 2 is 1.85 bits per heavy atom. The highest BCUT2D eigenvalue weighted by Gasteiger charge is 2.29. The Labute approximate surface area is 117 Å². The second kappa shape index (κ2) is 4.96. The Bertz CT molecular complexity index is 707. The molecule has 2 aromatic carbocycles. The van der Waals surface area contributed by atoms with Gasteiger partial charge in [-0.1, -0.05) is 37.6 Å². The summed E-state index contributed by atoms with van der Waals surface area (Å²) in [4.78, 5) is 23.8. The molecule has 20 heavy (non-hydrogen) atoms. The first kappa shape index (κ1) is 12.7. The van der Waals surface area contributed by atoms with E-state index in [0.717, 1.165) is 35.8 Å². The molecule has 1 aliphatic heterocycles. The average molecular weight is 268 g/mol. The Kier molecular flexibility index (Phi) is 3.14. The van der Waals surface area contributed by atoms with Gasteiger partial charge in [0.15, 0.2) is 0 Å². The topological polar surface area (TPSA) is 58.2 Å². The van der Waals surface area contributed by atoms with Crippen LogP contribution in [0.25, 0.3) is 10.8 Å². The van der Waals surface area contributed by atoms with Gasteiger partial charge in [-0.05, 0) is 17.9 Å². The molecule has 0 atom stereocenters. The molecule has 2 aromatic rings. The van der Waals surface area contributed by atoms with Crippen LogP contribution in [0.5, 0.6) is 0 Å². The van der Waals surface area contributed by atoms with E-state index in [9.17, 15) is 9.59 Å². The molecule has 1 aliphatic rings. The van der Waals surface area contributed by atoms with Gasteiger partial charge in [-0.25, -0.2) is 0 Å². The number of hydrogen-bond acceptors (Lipinski definition) is 3. The van der Waals surface area contributed by atoms with Crippen molar-refractivity contribution in [3.05, 3.63) is 41.5 Å². The van der Waals surface area contributed by atoms with Gasteiger partial charge in [-0.2, -0.15) is 0 Å². The minimum absolute atomic E-state index is 0.304. The lowest BCUT2D eigenvalue weighted by atomic mass is 9.98. The molecule has 1 heterocycles. The molecule has 0 bridgehead atoms. The third-order valence-electron chi connectivity index (χ3n) is 3.59. The fraction of sp³-hybridized carbons (Fsp3) is 0.250. The molecule has 4 heteroatoms. The lowest BCUT2D eigenvalue weighted by Crippen LogP contribution is -2.19. The van der Waals surface area contributed by atoms with Crippen LogP contribution in [0.15, 0.2) is 30.3 Å². The first-order chi connectivity index (χ1) is 9.72. The summed E-state index contributed by atoms with van der Waals surface area (Å²) in [7, 11) is 0. The van der Waals surface area contributed by atoms with Crippen LogP contribution in [0.3, 0.4) is 0 Å². The fourth-order valence-electron chi connectivity index (χ4n) is 2.58. The third kappa shape index (κ3) is 1.93. The van der Waals surface area contributed by atoms with Crippen molar-refractivity contribution in [2.45, 2.75) is 19.8 Å². The summed E-state index contributed by atoms with van der Waals surface area (Å²) in [6.45, 7) is 2.99. The zero-order valence-corrected chi connectivity index (χ0v) is 11.3. The summed E-state index contributed by atoms with van der Waals surface area (Å²) in [5.41, 5.74) is 1.87. The van der Waals surface area contributed by atoms with Gasteiger partial charge in [0.25, 0.3) is 11.8 Å². The van der Waals surface area contributed by atoms with Crippen LogP contribution < -0.4 is 10.6 Å². The molecule has 0 spiro atoms. The summed E-state index contributed by atoms with van der Waals surface area (Å²) in [5, 5.41) is 7.53. The van der Waals surface area contributed by atoms with Gasteiger partial charge in [-0.15, -0.1) is 0 Å². The molecule has 0 fully saturated rings. The normalized spacial score (nSPS) is 13.4. The maximum Gasteiger partial charge on any atom is 0.259 e. The van der Waals surface area contributed by atoms with Gasteiger partial charge < -0.3 is 5.32 Å². The predicted octanol–water partition coefficient (Wildman–Crippen LogP) is 2.94. The number of carbonyl (C=O) groups is 2. The minimum Gasteiger partial charge on any atom is -0.385 e. The second-order valence-electron chi connectivity index (χ2n) is 4.96. The van der Waals surface area contributed by atoms with E-state index in [1.54, 1.807) is 6.07 Å². The second-order valence-corrected chi connectivity index (χ2v) is 4.96. The number of benzene rings is 2. The first-order valence-corrected chi connectivity index (χ1v) is 6.87. The van der Waals surface area contributed by atoms with Gasteiger partial charge in [0, 0.05) is 17.6 Å². The van der Waals surface area contributed by atoms with Crippen molar-refractivity contribution in [2.24, 2.45) is 0 Å². The molecule has 0 saturated carbocycles. The first-order valence-electron chi connectivity index (χ1n) is 6.87. The van der Waals surface area contributed by atoms with Crippen molar-refractivity contribution >= 4 is 28.3 Å². The van der Waals surface area contributed by atoms with E-state index in [4.69, 9.17) is 0 Å². The van der Waals surface area contributed by atoms with Gasteiger partial charge in [0.05, 0.1) is 11.1 Å². The minimum atomic E-state index is -0.311. The van der Waals surface area contributed by atoms with Crippen molar-refractivity contribution in [3.63, 3.8) is 0 Å². The molecule has 0 aromatic heterocycles. The summed E-state index contributed by atoms with van der Waals surface area (Å²) < 4.78 is 0. The highest BCUT2D eigenvalue weighted by atomic mass is 16.2. The number of imide groups is 1. The van der Waals surface area contributed by atoms with Gasteiger partial charge in [0.2, 0.25) is 0 Å². The molecular weight excluding hydrogens is 252 g/mol. The van der Waals surface area contributed by atoms with Crippen LogP contribution in [0.4, 0.5) is 5.69 Å². The molecule has 3 rings (SSSR count). The molecule has 0 aliphatic carbocycles. The zero-order chi connectivity index (χ0) is 14.1. The number of carbonyl (C=O) groups excluding carboxylic acids is 2. The van der Waals surface area contributed by atoms with Gasteiger partial charge in [-0.3, -0.25) is 14.9 Å². The number of anilines is 1. The van der Waals surface area contributed by atoms with Crippen LogP contribution in [0.2, 0.25) is 0 Å². The highest BCUT2D eigenvalue weighted by molar-refractivity contribution is 6.28. The molecule has 0 unspecified atom stereocenters. The van der Waals surface area contributed by atoms with E-state index in [1.807, 2.05) is 24.3 Å². The van der Waals surface area contributed by atoms with E-state index in [1.165, 1.54) is 0 Å². The van der Waals surface area contributed by atoms with Crippen LogP contribution in [-0.2, 0) is 0 Å². The lowest BCUT2D eigenvalue weighted by molar-refractivity contribution is 0.0880. The number of amides is 2. The Balaban J connectivity index is 2.17. The molecule has 2 amide bonds. The molecule has 0 saturated heterocycles. The summed E-state index contributed by atoms with van der Waals surface area (Å²) in [6, 6.07) is 9.47. The van der Waals surface area contributed by atoms with Crippen LogP contribution >= 0.6 is 0 Å². The van der Waals surface area contributed by atoms with Gasteiger partial charge >= 0.3 is 0 Å². The van der Waals surface area contributed by atoms with E-state index in [0.29, 0.717) is 11.1 Å². The molecule has 102 valence electrons. The molecule has 2 N–H and O–H groups in total. The van der Waals surface area contributed by atoms with Crippen molar-refractivity contribution < 1.29 is 9.59 Å². The predicted molar refractivity (Wildman–Crippen MR) is 79.1 cm³/mol. The van der Waals surface area contributed by atoms with Crippen LogP contribution in [-0.4, -0.2) is 18.4 Å². The number of fused-ring (bicyclic) bond motifs is 3. The number of rotatable bonds is 4. The Hall–Kier alpha value is -2.36. The summed E-state index contributed by atoms with van der Waals surface area (Å²) >= 11 is 0. The largest absolute Gasteiger partial charge is 0.385 e. The van der Waals surface area contributed by atoms with Crippen molar-refractivity contribution in [3.8, 4) is 0 Å². The van der Waals surface area contributed by atoms with E-state index in [-0.39, 0.29) is 11.8 Å². The van der Waals surface area contributed by atoms with Crippen molar-refractivity contribution in [1.29, 1.82) is 0 Å². The highest BCUT2D eigenvalue weighted by Crippen LogP contribution is 2.32. The van der Waals surface area contributed by atoms with Crippen molar-refractivity contribution in [1.82, 2.24) is 5.32 Å². The Morgan fingerprint density at radius 1 is 1.10 bits per heavy atom. The standard InChI is InChI=1S/C16H16N2O2/c1-2-3-8-17-13-9-12-14(16(20)18-15(12)19)11-7-5-4-6-10(11)13/h4-7,9,17H,2-3,8H2,1H3,(H,18,19,20). The lowest BCUT2D eigenvalue weighted by Gasteiger charge is -2.11. The van der Waals surface area contributed by atoms with Gasteiger partial charge in [0.1, 0.15) is 0 Å². The summed E-state index contributed by atoms with van der Waals surface area (Å²) in [5.74, 6) is -0.615. The average Bonchev–Trinajstić information content (AvgIpc) is 2.74. The molecular formula is C16H16N2O2. The quantitative estimate of drug-likeness (QED) is 0.662. The van der Waals surface area contributed by atoms with Crippen LogP contribution in [0, 0.1) is 0 Å². The Morgan fingerprint density at radius 3 is 2.60 bits per heavy atom. The number of nitrogens with one attached hydrogen (secondary N) is 2. The maximum absolute atomic E-state index is 11.9. The number of hydrogen-bond donors (Lipinski definition) is 2. The fourth-order valence-corrected chi connectivity index (χ4v) is 2.58. The van der Waals surface area contributed by atoms with E-state index < -0.39 is 0 Å². The molecule has 0 radical (unpaired) electrons. The monoisotopic (exact) mass is 268 g/mol. The van der Waals surface area contributed by atoms with E-state index in [2.05, 4.69) is 17.6 Å². The third-order valence-corrected chi connectivity index (χ3v) is 3.59. The maximum atomic E-state index is 11.9. The molecule has 4 nitrogen and oxygen atoms in total. The smallest absolute Gasteiger partial charge is 0.259 e. The van der Waals surface area contributed by atoms with Crippen LogP contribution in [0.1, 0.15) is 40.5 Å². The zero-order valence-electron chi connectivity index (χ0n) is 11.3. The van der Waals surface area contributed by atoms with E-state index >= 15 is 0 Å².